The van der Waals surface area contributed by atoms with E-state index in [2.05, 4.69) is 12.1 Å². The number of piperazine rings is 1. The zero-order chi connectivity index (χ0) is 20.5. The van der Waals surface area contributed by atoms with Gasteiger partial charge in [0.05, 0.1) is 0 Å². The van der Waals surface area contributed by atoms with Crippen LogP contribution in [0.4, 0.5) is 0 Å². The van der Waals surface area contributed by atoms with Crippen molar-refractivity contribution in [3.8, 4) is 5.69 Å². The number of carbonyl (C=O) groups is 2. The van der Waals surface area contributed by atoms with Gasteiger partial charge in [-0.2, -0.15) is 0 Å². The largest absolute Gasteiger partial charge is 0.339 e. The molecule has 5 nitrogen and oxygen atoms in total. The Morgan fingerprint density at radius 3 is 2.03 bits per heavy atom. The van der Waals surface area contributed by atoms with Gasteiger partial charge in [-0.15, -0.1) is 0 Å². The van der Waals surface area contributed by atoms with E-state index in [4.69, 9.17) is 0 Å². The highest BCUT2D eigenvalue weighted by molar-refractivity contribution is 5.94. The van der Waals surface area contributed by atoms with Gasteiger partial charge >= 0.3 is 0 Å². The Labute approximate surface area is 176 Å². The second-order valence-corrected chi connectivity index (χ2v) is 8.11. The van der Waals surface area contributed by atoms with Crippen LogP contribution < -0.4 is 0 Å². The average Bonchev–Trinajstić information content (AvgIpc) is 3.43. The molecule has 1 saturated carbocycles. The van der Waals surface area contributed by atoms with Crippen molar-refractivity contribution in [1.82, 2.24) is 14.4 Å². The standard InChI is InChI=1S/C25H25N3O2/c29-24(20-8-10-21(11-9-20)26-12-4-5-13-26)27-14-16-28(17-15-27)25(30)23-18-22(23)19-6-2-1-3-7-19/h1-13,22-23H,14-18H2/t22-,23-/m1/s1. The van der Waals surface area contributed by atoms with Gasteiger partial charge in [0.2, 0.25) is 5.91 Å². The molecule has 0 radical (unpaired) electrons. The first-order valence-corrected chi connectivity index (χ1v) is 10.6. The Morgan fingerprint density at radius 1 is 0.733 bits per heavy atom. The molecule has 0 spiro atoms. The van der Waals surface area contributed by atoms with E-state index in [0.29, 0.717) is 37.7 Å². The van der Waals surface area contributed by atoms with Gasteiger partial charge in [0, 0.05) is 55.7 Å². The molecule has 5 heteroatoms. The Balaban J connectivity index is 1.16. The molecule has 2 fully saturated rings. The number of hydrogen-bond donors (Lipinski definition) is 0. The van der Waals surface area contributed by atoms with Gasteiger partial charge in [0.15, 0.2) is 0 Å². The van der Waals surface area contributed by atoms with Crippen LogP contribution in [0.3, 0.4) is 0 Å². The third kappa shape index (κ3) is 3.63. The van der Waals surface area contributed by atoms with Gasteiger partial charge < -0.3 is 14.4 Å². The van der Waals surface area contributed by atoms with Crippen LogP contribution in [0.2, 0.25) is 0 Å². The molecule has 0 unspecified atom stereocenters. The molecule has 2 heterocycles. The molecule has 30 heavy (non-hydrogen) atoms. The van der Waals surface area contributed by atoms with E-state index in [0.717, 1.165) is 12.1 Å². The zero-order valence-electron chi connectivity index (χ0n) is 16.9. The van der Waals surface area contributed by atoms with Crippen molar-refractivity contribution in [1.29, 1.82) is 0 Å². The zero-order valence-corrected chi connectivity index (χ0v) is 16.9. The summed E-state index contributed by atoms with van der Waals surface area (Å²) < 4.78 is 2.01. The monoisotopic (exact) mass is 399 g/mol. The Hall–Kier alpha value is -3.34. The van der Waals surface area contributed by atoms with Crippen LogP contribution in [0.5, 0.6) is 0 Å². The average molecular weight is 399 g/mol. The molecule has 1 aliphatic carbocycles. The Kier molecular flexibility index (Phi) is 4.87. The fraction of sp³-hybridized carbons (Fsp3) is 0.280. The van der Waals surface area contributed by atoms with Crippen LogP contribution in [-0.2, 0) is 4.79 Å². The molecular weight excluding hydrogens is 374 g/mol. The summed E-state index contributed by atoms with van der Waals surface area (Å²) in [4.78, 5) is 29.5. The second kappa shape index (κ2) is 7.82. The minimum absolute atomic E-state index is 0.0368. The van der Waals surface area contributed by atoms with Gasteiger partial charge in [-0.25, -0.2) is 0 Å². The van der Waals surface area contributed by atoms with E-state index in [1.54, 1.807) is 0 Å². The van der Waals surface area contributed by atoms with Crippen molar-refractivity contribution in [3.63, 3.8) is 0 Å². The summed E-state index contributed by atoms with van der Waals surface area (Å²) in [6.07, 6.45) is 4.90. The third-order valence-electron chi connectivity index (χ3n) is 6.23. The lowest BCUT2D eigenvalue weighted by molar-refractivity contribution is -0.134. The molecule has 2 aromatic carbocycles. The lowest BCUT2D eigenvalue weighted by Gasteiger charge is -2.35. The number of carbonyl (C=O) groups excluding carboxylic acids is 2. The summed E-state index contributed by atoms with van der Waals surface area (Å²) in [5.41, 5.74) is 2.98. The number of rotatable bonds is 4. The molecule has 0 bridgehead atoms. The maximum atomic E-state index is 12.9. The maximum absolute atomic E-state index is 12.9. The number of nitrogens with zero attached hydrogens (tertiary/aromatic N) is 3. The first kappa shape index (κ1) is 18.7. The normalized spacial score (nSPS) is 20.8. The molecule has 1 aromatic heterocycles. The molecule has 5 rings (SSSR count). The summed E-state index contributed by atoms with van der Waals surface area (Å²) in [5, 5.41) is 0. The summed E-state index contributed by atoms with van der Waals surface area (Å²) in [5.74, 6) is 0.745. The van der Waals surface area contributed by atoms with Crippen LogP contribution in [0, 0.1) is 5.92 Å². The lowest BCUT2D eigenvalue weighted by Crippen LogP contribution is -2.51. The highest BCUT2D eigenvalue weighted by Crippen LogP contribution is 2.48. The molecule has 1 saturated heterocycles. The first-order chi connectivity index (χ1) is 14.7. The second-order valence-electron chi connectivity index (χ2n) is 8.11. The molecule has 2 aliphatic rings. The fourth-order valence-corrected chi connectivity index (χ4v) is 4.37. The first-order valence-electron chi connectivity index (χ1n) is 10.6. The quantitative estimate of drug-likeness (QED) is 0.673. The van der Waals surface area contributed by atoms with Gasteiger partial charge in [-0.05, 0) is 54.3 Å². The number of benzene rings is 2. The van der Waals surface area contributed by atoms with E-state index >= 15 is 0 Å². The predicted octanol–water partition coefficient (Wildman–Crippen LogP) is 3.57. The van der Waals surface area contributed by atoms with E-state index in [1.807, 2.05) is 81.4 Å². The summed E-state index contributed by atoms with van der Waals surface area (Å²) in [6, 6.07) is 21.9. The maximum Gasteiger partial charge on any atom is 0.253 e. The van der Waals surface area contributed by atoms with Gasteiger partial charge in [0.25, 0.3) is 5.91 Å². The molecule has 0 N–H and O–H groups in total. The number of hydrogen-bond acceptors (Lipinski definition) is 2. The van der Waals surface area contributed by atoms with Crippen molar-refractivity contribution >= 4 is 11.8 Å². The lowest BCUT2D eigenvalue weighted by atomic mass is 10.1. The fourth-order valence-electron chi connectivity index (χ4n) is 4.37. The number of aromatic nitrogens is 1. The summed E-state index contributed by atoms with van der Waals surface area (Å²) >= 11 is 0. The Morgan fingerprint density at radius 2 is 1.37 bits per heavy atom. The van der Waals surface area contributed by atoms with Crippen LogP contribution in [-0.4, -0.2) is 52.4 Å². The summed E-state index contributed by atoms with van der Waals surface area (Å²) in [7, 11) is 0. The predicted molar refractivity (Wildman–Crippen MR) is 116 cm³/mol. The molecule has 2 atom stereocenters. The van der Waals surface area contributed by atoms with E-state index in [1.165, 1.54) is 5.56 Å². The minimum atomic E-state index is 0.0368. The molecular formula is C25H25N3O2. The molecule has 152 valence electrons. The highest BCUT2D eigenvalue weighted by Gasteiger charge is 2.46. The van der Waals surface area contributed by atoms with Crippen LogP contribution in [0.25, 0.3) is 5.69 Å². The molecule has 2 amide bonds. The molecule has 3 aromatic rings. The van der Waals surface area contributed by atoms with Crippen molar-refractivity contribution in [3.05, 3.63) is 90.3 Å². The van der Waals surface area contributed by atoms with Crippen molar-refractivity contribution < 1.29 is 9.59 Å². The van der Waals surface area contributed by atoms with E-state index in [-0.39, 0.29) is 17.7 Å². The van der Waals surface area contributed by atoms with E-state index < -0.39 is 0 Å². The van der Waals surface area contributed by atoms with Crippen LogP contribution in [0.15, 0.2) is 79.1 Å². The van der Waals surface area contributed by atoms with Crippen molar-refractivity contribution in [2.45, 2.75) is 12.3 Å². The van der Waals surface area contributed by atoms with Crippen LogP contribution >= 0.6 is 0 Å². The van der Waals surface area contributed by atoms with Crippen molar-refractivity contribution in [2.75, 3.05) is 26.2 Å². The van der Waals surface area contributed by atoms with Gasteiger partial charge in [0.1, 0.15) is 0 Å². The van der Waals surface area contributed by atoms with Crippen molar-refractivity contribution in [2.24, 2.45) is 5.92 Å². The Bertz CT molecular complexity index is 1020. The SMILES string of the molecule is O=C(c1ccc(-n2cccc2)cc1)N1CCN(C(=O)[C@@H]2C[C@@H]2c2ccccc2)CC1. The highest BCUT2D eigenvalue weighted by atomic mass is 16.2. The topological polar surface area (TPSA) is 45.6 Å². The van der Waals surface area contributed by atoms with Gasteiger partial charge in [-0.3, -0.25) is 9.59 Å². The molecule has 1 aliphatic heterocycles. The smallest absolute Gasteiger partial charge is 0.253 e. The van der Waals surface area contributed by atoms with Gasteiger partial charge in [-0.1, -0.05) is 30.3 Å². The van der Waals surface area contributed by atoms with E-state index in [9.17, 15) is 9.59 Å². The minimum Gasteiger partial charge on any atom is -0.339 e. The third-order valence-corrected chi connectivity index (χ3v) is 6.23. The van der Waals surface area contributed by atoms with Crippen LogP contribution in [0.1, 0.15) is 28.3 Å². The summed E-state index contributed by atoms with van der Waals surface area (Å²) in [6.45, 7) is 2.41. The number of amides is 2.